The number of rotatable bonds is 4. The van der Waals surface area contributed by atoms with Crippen LogP contribution >= 0.6 is 0 Å². The van der Waals surface area contributed by atoms with Gasteiger partial charge in [0, 0.05) is 0 Å². The van der Waals surface area contributed by atoms with E-state index in [-0.39, 0.29) is 11.9 Å². The van der Waals surface area contributed by atoms with Crippen molar-refractivity contribution in [1.29, 1.82) is 0 Å². The zero-order chi connectivity index (χ0) is 10.8. The van der Waals surface area contributed by atoms with Crippen molar-refractivity contribution in [1.82, 2.24) is 0 Å². The Morgan fingerprint density at radius 2 is 2.33 bits per heavy atom. The zero-order valence-electron chi connectivity index (χ0n) is 8.95. The van der Waals surface area contributed by atoms with E-state index in [9.17, 15) is 4.79 Å². The Morgan fingerprint density at radius 1 is 1.60 bits per heavy atom. The van der Waals surface area contributed by atoms with Gasteiger partial charge in [-0.25, -0.2) is 0 Å². The van der Waals surface area contributed by atoms with Crippen LogP contribution in [0.1, 0.15) is 22.8 Å². The summed E-state index contributed by atoms with van der Waals surface area (Å²) in [7, 11) is 0. The number of Topliss-reactive ketones (excluding diaryl/α,β-unsaturated/α-hetero) is 1. The number of carbonyl (C=O) groups excluding carboxylic acids is 1. The van der Waals surface area contributed by atoms with Gasteiger partial charge in [0.15, 0.2) is 5.78 Å². The van der Waals surface area contributed by atoms with Gasteiger partial charge in [0.05, 0.1) is 12.2 Å². The molecule has 1 aromatic carbocycles. The summed E-state index contributed by atoms with van der Waals surface area (Å²) in [4.78, 5) is 11.4. The minimum Gasteiger partial charge on any atom is -0.490 e. The quantitative estimate of drug-likeness (QED) is 0.558. The maximum absolute atomic E-state index is 11.4. The van der Waals surface area contributed by atoms with Crippen molar-refractivity contribution >= 4 is 5.78 Å². The summed E-state index contributed by atoms with van der Waals surface area (Å²) >= 11 is 0. The number of hydrogen-bond donors (Lipinski definition) is 0. The highest BCUT2D eigenvalue weighted by Crippen LogP contribution is 2.22. The fourth-order valence-corrected chi connectivity index (χ4v) is 1.39. The SMILES string of the molecule is CC(=O)c1cc(C)ccc1OCC1CO1. The van der Waals surface area contributed by atoms with Gasteiger partial charge in [-0.2, -0.15) is 0 Å². The lowest BCUT2D eigenvalue weighted by Gasteiger charge is -2.09. The fourth-order valence-electron chi connectivity index (χ4n) is 1.39. The molecule has 1 heterocycles. The Morgan fingerprint density at radius 3 is 2.93 bits per heavy atom. The van der Waals surface area contributed by atoms with Crippen LogP contribution in [-0.4, -0.2) is 25.1 Å². The normalized spacial score (nSPS) is 18.7. The van der Waals surface area contributed by atoms with E-state index in [0.717, 1.165) is 12.2 Å². The van der Waals surface area contributed by atoms with Gasteiger partial charge in [0.1, 0.15) is 18.5 Å². The van der Waals surface area contributed by atoms with Crippen molar-refractivity contribution in [2.45, 2.75) is 20.0 Å². The second-order valence-corrected chi connectivity index (χ2v) is 3.82. The molecule has 1 atom stereocenters. The van der Waals surface area contributed by atoms with Crippen molar-refractivity contribution in [3.63, 3.8) is 0 Å². The molecule has 0 radical (unpaired) electrons. The largest absolute Gasteiger partial charge is 0.490 e. The lowest BCUT2D eigenvalue weighted by atomic mass is 10.1. The molecule has 0 saturated carbocycles. The van der Waals surface area contributed by atoms with Gasteiger partial charge < -0.3 is 9.47 Å². The second kappa shape index (κ2) is 4.03. The van der Waals surface area contributed by atoms with Crippen LogP contribution in [0.25, 0.3) is 0 Å². The number of ketones is 1. The summed E-state index contributed by atoms with van der Waals surface area (Å²) in [5.74, 6) is 0.689. The topological polar surface area (TPSA) is 38.8 Å². The van der Waals surface area contributed by atoms with E-state index < -0.39 is 0 Å². The summed E-state index contributed by atoms with van der Waals surface area (Å²) in [5, 5.41) is 0. The van der Waals surface area contributed by atoms with Gasteiger partial charge in [-0.1, -0.05) is 11.6 Å². The third kappa shape index (κ3) is 2.57. The average Bonchev–Trinajstić information content (AvgIpc) is 2.99. The van der Waals surface area contributed by atoms with Crippen LogP contribution in [0.3, 0.4) is 0 Å². The Labute approximate surface area is 89.0 Å². The highest BCUT2D eigenvalue weighted by molar-refractivity contribution is 5.97. The Bertz CT molecular complexity index is 380. The van der Waals surface area contributed by atoms with E-state index >= 15 is 0 Å². The summed E-state index contributed by atoms with van der Waals surface area (Å²) < 4.78 is 10.6. The number of aryl methyl sites for hydroxylation is 1. The smallest absolute Gasteiger partial charge is 0.163 e. The van der Waals surface area contributed by atoms with Gasteiger partial charge in [-0.05, 0) is 26.0 Å². The van der Waals surface area contributed by atoms with E-state index in [0.29, 0.717) is 17.9 Å². The molecule has 3 heteroatoms. The fraction of sp³-hybridized carbons (Fsp3) is 0.417. The molecule has 0 amide bonds. The maximum atomic E-state index is 11.4. The lowest BCUT2D eigenvalue weighted by molar-refractivity contribution is 0.101. The summed E-state index contributed by atoms with van der Waals surface area (Å²) in [6.07, 6.45) is 0.214. The predicted octanol–water partition coefficient (Wildman–Crippen LogP) is 1.98. The first-order chi connectivity index (χ1) is 7.16. The van der Waals surface area contributed by atoms with E-state index in [1.165, 1.54) is 0 Å². The molecular formula is C12H14O3. The molecule has 1 aliphatic heterocycles. The van der Waals surface area contributed by atoms with Gasteiger partial charge in [0.2, 0.25) is 0 Å². The van der Waals surface area contributed by atoms with E-state index in [4.69, 9.17) is 9.47 Å². The maximum Gasteiger partial charge on any atom is 0.163 e. The predicted molar refractivity (Wildman–Crippen MR) is 56.4 cm³/mol. The number of carbonyl (C=O) groups is 1. The number of epoxide rings is 1. The highest BCUT2D eigenvalue weighted by Gasteiger charge is 2.23. The molecule has 15 heavy (non-hydrogen) atoms. The lowest BCUT2D eigenvalue weighted by Crippen LogP contribution is -2.07. The number of benzene rings is 1. The first kappa shape index (κ1) is 10.2. The van der Waals surface area contributed by atoms with Crippen LogP contribution in [0.15, 0.2) is 18.2 Å². The van der Waals surface area contributed by atoms with Crippen LogP contribution in [-0.2, 0) is 4.74 Å². The molecule has 3 nitrogen and oxygen atoms in total. The molecule has 1 aromatic rings. The van der Waals surface area contributed by atoms with E-state index in [2.05, 4.69) is 0 Å². The van der Waals surface area contributed by atoms with Crippen LogP contribution in [0, 0.1) is 6.92 Å². The second-order valence-electron chi connectivity index (χ2n) is 3.82. The minimum absolute atomic E-state index is 0.0328. The molecule has 1 fully saturated rings. The molecular weight excluding hydrogens is 192 g/mol. The van der Waals surface area contributed by atoms with Crippen molar-refractivity contribution in [2.24, 2.45) is 0 Å². The van der Waals surface area contributed by atoms with E-state index in [1.807, 2.05) is 25.1 Å². The first-order valence-electron chi connectivity index (χ1n) is 5.03. The molecule has 0 spiro atoms. The summed E-state index contributed by atoms with van der Waals surface area (Å²) in [6, 6.07) is 5.63. The van der Waals surface area contributed by atoms with Crippen molar-refractivity contribution < 1.29 is 14.3 Å². The Hall–Kier alpha value is -1.35. The van der Waals surface area contributed by atoms with E-state index in [1.54, 1.807) is 6.92 Å². The van der Waals surface area contributed by atoms with Crippen molar-refractivity contribution in [3.05, 3.63) is 29.3 Å². The molecule has 0 N–H and O–H groups in total. The molecule has 1 saturated heterocycles. The van der Waals surface area contributed by atoms with Crippen molar-refractivity contribution in [3.8, 4) is 5.75 Å². The Balaban J connectivity index is 2.15. The molecule has 1 unspecified atom stereocenters. The molecule has 2 rings (SSSR count). The average molecular weight is 206 g/mol. The van der Waals surface area contributed by atoms with Crippen LogP contribution < -0.4 is 4.74 Å². The molecule has 0 aliphatic carbocycles. The Kier molecular flexibility index (Phi) is 2.73. The standard InChI is InChI=1S/C12H14O3/c1-8-3-4-12(11(5-8)9(2)13)15-7-10-6-14-10/h3-5,10H,6-7H2,1-2H3. The first-order valence-corrected chi connectivity index (χ1v) is 5.03. The molecule has 0 bridgehead atoms. The molecule has 1 aliphatic rings. The van der Waals surface area contributed by atoms with Gasteiger partial charge >= 0.3 is 0 Å². The van der Waals surface area contributed by atoms with Gasteiger partial charge in [-0.3, -0.25) is 4.79 Å². The number of hydrogen-bond acceptors (Lipinski definition) is 3. The third-order valence-electron chi connectivity index (χ3n) is 2.34. The molecule has 80 valence electrons. The van der Waals surface area contributed by atoms with Crippen LogP contribution in [0.2, 0.25) is 0 Å². The van der Waals surface area contributed by atoms with Crippen LogP contribution in [0.4, 0.5) is 0 Å². The van der Waals surface area contributed by atoms with Crippen molar-refractivity contribution in [2.75, 3.05) is 13.2 Å². The number of ether oxygens (including phenoxy) is 2. The molecule has 0 aromatic heterocycles. The minimum atomic E-state index is 0.0328. The highest BCUT2D eigenvalue weighted by atomic mass is 16.6. The van der Waals surface area contributed by atoms with Gasteiger partial charge in [-0.15, -0.1) is 0 Å². The zero-order valence-corrected chi connectivity index (χ0v) is 8.95. The third-order valence-corrected chi connectivity index (χ3v) is 2.34. The van der Waals surface area contributed by atoms with Crippen LogP contribution in [0.5, 0.6) is 5.75 Å². The summed E-state index contributed by atoms with van der Waals surface area (Å²) in [5.41, 5.74) is 1.71. The monoisotopic (exact) mass is 206 g/mol. The summed E-state index contributed by atoms with van der Waals surface area (Å²) in [6.45, 7) is 4.81. The van der Waals surface area contributed by atoms with Gasteiger partial charge in [0.25, 0.3) is 0 Å².